The number of allylic oxidation sites excluding steroid dienone is 2. The molecule has 92 heavy (non-hydrogen) atoms. The Morgan fingerprint density at radius 2 is 0.446 bits per heavy atom. The molecule has 0 N–H and O–H groups in total. The van der Waals surface area contributed by atoms with Crippen molar-refractivity contribution in [2.45, 2.75) is 213 Å². The van der Waals surface area contributed by atoms with Crippen molar-refractivity contribution >= 4 is 10.8 Å². The highest BCUT2D eigenvalue weighted by Crippen LogP contribution is 2.38. The number of rotatable bonds is 8. The number of hydrogen-bond acceptors (Lipinski definition) is 0. The summed E-state index contributed by atoms with van der Waals surface area (Å²) in [7, 11) is 0. The van der Waals surface area contributed by atoms with Crippen LogP contribution < -0.4 is 0 Å². The predicted molar refractivity (Wildman–Crippen MR) is 405 cm³/mol. The third-order valence-electron chi connectivity index (χ3n) is 20.1. The molecule has 0 nitrogen and oxygen atoms in total. The Balaban J connectivity index is 0.000000156. The molecule has 0 bridgehead atoms. The van der Waals surface area contributed by atoms with Gasteiger partial charge in [-0.1, -0.05) is 356 Å². The fourth-order valence-corrected chi connectivity index (χ4v) is 13.4. The predicted octanol–water partition coefficient (Wildman–Crippen LogP) is 26.0. The molecule has 0 saturated heterocycles. The van der Waals surface area contributed by atoms with E-state index in [2.05, 4.69) is 303 Å². The Hall–Kier alpha value is -7.02. The Kier molecular flexibility index (Phi) is 30.1. The van der Waals surface area contributed by atoms with Crippen molar-refractivity contribution < 1.29 is 0 Å². The largest absolute Gasteiger partial charge is 0.0838 e. The van der Waals surface area contributed by atoms with Gasteiger partial charge in [0, 0.05) is 0 Å². The van der Waals surface area contributed by atoms with Crippen LogP contribution in [0.2, 0.25) is 0 Å². The third-order valence-corrected chi connectivity index (χ3v) is 20.1. The quantitative estimate of drug-likeness (QED) is 0.133. The first-order valence-corrected chi connectivity index (χ1v) is 35.8. The molecule has 4 aliphatic rings. The molecule has 3 fully saturated rings. The van der Waals surface area contributed by atoms with Gasteiger partial charge in [0.25, 0.3) is 0 Å². The molecule has 0 aromatic heterocycles. The second-order valence-corrected chi connectivity index (χ2v) is 29.2. The van der Waals surface area contributed by atoms with E-state index in [0.717, 1.165) is 67.6 Å². The Bertz CT molecular complexity index is 3290. The molecular weight excluding hydrogens is 1110 g/mol. The molecule has 9 aromatic carbocycles. The molecular formula is C92H118. The van der Waals surface area contributed by atoms with Crippen LogP contribution in [0, 0.1) is 105 Å². The lowest BCUT2D eigenvalue weighted by molar-refractivity contribution is 0.201. The molecule has 0 aliphatic heterocycles. The molecule has 486 valence electrons. The van der Waals surface area contributed by atoms with Crippen molar-refractivity contribution in [2.75, 3.05) is 0 Å². The fraction of sp³-hybridized carbons (Fsp3) is 0.413. The second kappa shape index (κ2) is 38.2. The maximum Gasteiger partial charge on any atom is -0.00258 e. The van der Waals surface area contributed by atoms with Gasteiger partial charge in [0.1, 0.15) is 0 Å². The van der Waals surface area contributed by atoms with E-state index in [-0.39, 0.29) is 0 Å². The number of benzene rings is 9. The third kappa shape index (κ3) is 26.5. The normalized spacial score (nSPS) is 18.7. The molecule has 3 saturated carbocycles. The summed E-state index contributed by atoms with van der Waals surface area (Å²) in [4.78, 5) is 0. The van der Waals surface area contributed by atoms with Crippen molar-refractivity contribution in [1.29, 1.82) is 0 Å². The summed E-state index contributed by atoms with van der Waals surface area (Å²) in [6, 6.07) is 70.1. The van der Waals surface area contributed by atoms with Gasteiger partial charge in [0.15, 0.2) is 0 Å². The number of fused-ring (bicyclic) bond motifs is 2. The van der Waals surface area contributed by atoms with Crippen molar-refractivity contribution in [3.8, 4) is 0 Å². The van der Waals surface area contributed by atoms with Crippen molar-refractivity contribution in [2.24, 2.45) is 35.5 Å². The van der Waals surface area contributed by atoms with Gasteiger partial charge < -0.3 is 0 Å². The first kappa shape index (κ1) is 72.4. The van der Waals surface area contributed by atoms with Crippen LogP contribution in [-0.4, -0.2) is 0 Å². The van der Waals surface area contributed by atoms with E-state index in [4.69, 9.17) is 0 Å². The van der Waals surface area contributed by atoms with Crippen LogP contribution in [0.4, 0.5) is 0 Å². The maximum atomic E-state index is 2.43. The van der Waals surface area contributed by atoms with E-state index in [1.165, 1.54) is 177 Å². The highest BCUT2D eigenvalue weighted by molar-refractivity contribution is 5.83. The summed E-state index contributed by atoms with van der Waals surface area (Å²) in [6.07, 6.45) is 29.5. The minimum atomic E-state index is 1.01. The highest BCUT2D eigenvalue weighted by Gasteiger charge is 2.24. The minimum absolute atomic E-state index is 1.01. The monoisotopic (exact) mass is 1220 g/mol. The fourth-order valence-electron chi connectivity index (χ4n) is 13.4. The van der Waals surface area contributed by atoms with Crippen molar-refractivity contribution in [3.63, 3.8) is 0 Å². The zero-order valence-electron chi connectivity index (χ0n) is 59.8. The van der Waals surface area contributed by atoms with Gasteiger partial charge in [0.2, 0.25) is 0 Å². The average Bonchev–Trinajstić information content (AvgIpc) is 1.24. The summed E-state index contributed by atoms with van der Waals surface area (Å²) >= 11 is 0. The summed E-state index contributed by atoms with van der Waals surface area (Å²) in [6.45, 7) is 30.9. The van der Waals surface area contributed by atoms with Crippen molar-refractivity contribution in [1.82, 2.24) is 0 Å². The van der Waals surface area contributed by atoms with Gasteiger partial charge in [-0.3, -0.25) is 0 Å². The molecule has 0 amide bonds. The second-order valence-electron chi connectivity index (χ2n) is 29.2. The zero-order valence-corrected chi connectivity index (χ0v) is 59.8. The average molecular weight is 1220 g/mol. The molecule has 0 spiro atoms. The van der Waals surface area contributed by atoms with Crippen LogP contribution in [-0.2, 0) is 32.1 Å². The maximum absolute atomic E-state index is 2.43. The lowest BCUT2D eigenvalue weighted by atomic mass is 9.74. The Morgan fingerprint density at radius 1 is 0.239 bits per heavy atom. The van der Waals surface area contributed by atoms with Crippen LogP contribution >= 0.6 is 0 Å². The highest BCUT2D eigenvalue weighted by atomic mass is 14.3. The molecule has 13 rings (SSSR count). The molecule has 9 aromatic rings. The standard InChI is InChI=1S/C22H22.C15H28.C15H16.C12H12.C12H14.C8H16.C8H10/c1-17-3-7-19(8-4-17)15-21-11-13-22(14-12-21)16-20-9-5-18(2)6-10-20;2*1-12-3-7-14(8-4-12)11-15-9-5-13(2)6-10-15;1-9-3-5-12-8-10(2)4-6-11(12)7-9;1-9-7-8-10(2)12-6-4-3-5-11(9)12;2*1-7-3-5-8(2)6-4-7/h3-14H,15-16H2,1-2H3;12-15H,3-11H2,1-2H3;3-10H,11H2,1-2H3;3-8H,1-2H3;3-4,7-8H,5-6H2,1-2H3;7-8H,3-6H2,1-2H3;3-6H,1-2H3. The van der Waals surface area contributed by atoms with E-state index in [1.54, 1.807) is 17.5 Å². The van der Waals surface area contributed by atoms with E-state index >= 15 is 0 Å². The Morgan fingerprint density at radius 3 is 0.696 bits per heavy atom. The van der Waals surface area contributed by atoms with E-state index in [1.807, 2.05) is 0 Å². The number of hydrogen-bond donors (Lipinski definition) is 0. The van der Waals surface area contributed by atoms with Gasteiger partial charge in [-0.15, -0.1) is 0 Å². The van der Waals surface area contributed by atoms with E-state index < -0.39 is 0 Å². The van der Waals surface area contributed by atoms with Crippen LogP contribution in [0.5, 0.6) is 0 Å². The van der Waals surface area contributed by atoms with Crippen LogP contribution in [0.15, 0.2) is 206 Å². The van der Waals surface area contributed by atoms with Crippen LogP contribution in [0.3, 0.4) is 0 Å². The van der Waals surface area contributed by atoms with Gasteiger partial charge >= 0.3 is 0 Å². The molecule has 0 unspecified atom stereocenters. The zero-order chi connectivity index (χ0) is 65.8. The molecule has 0 heteroatoms. The lowest BCUT2D eigenvalue weighted by Gasteiger charge is -2.32. The number of aryl methyl sites for hydroxylation is 10. The van der Waals surface area contributed by atoms with Crippen LogP contribution in [0.25, 0.3) is 10.8 Å². The Labute approximate surface area is 561 Å². The van der Waals surface area contributed by atoms with Gasteiger partial charge in [0.05, 0.1) is 0 Å². The minimum Gasteiger partial charge on any atom is -0.0838 e. The van der Waals surface area contributed by atoms with E-state index in [9.17, 15) is 0 Å². The summed E-state index contributed by atoms with van der Waals surface area (Å²) in [5.41, 5.74) is 24.8. The van der Waals surface area contributed by atoms with Crippen LogP contribution in [0.1, 0.15) is 211 Å². The van der Waals surface area contributed by atoms with Gasteiger partial charge in [-0.05, 0) is 210 Å². The lowest BCUT2D eigenvalue weighted by Crippen LogP contribution is -2.19. The van der Waals surface area contributed by atoms with Gasteiger partial charge in [-0.2, -0.15) is 0 Å². The van der Waals surface area contributed by atoms with Crippen molar-refractivity contribution in [3.05, 3.63) is 306 Å². The smallest absolute Gasteiger partial charge is 0.00258 e. The molecule has 4 aliphatic carbocycles. The molecule has 0 atom stereocenters. The topological polar surface area (TPSA) is 0 Å². The molecule has 0 radical (unpaired) electrons. The van der Waals surface area contributed by atoms with Gasteiger partial charge in [-0.25, -0.2) is 0 Å². The van der Waals surface area contributed by atoms with E-state index in [0.29, 0.717) is 0 Å². The SMILES string of the molecule is CC1CCC(C)CC1.CC1CCC(CC2CCC(C)CC2)CC1.Cc1ccc(C)c2c1CC=CC2.Cc1ccc(C)cc1.Cc1ccc(Cc2ccc(C)cc2)cc1.Cc1ccc(Cc2ccc(Cc3ccc(C)cc3)cc2)cc1.Cc1ccc2cc(C)ccc2c1. The molecule has 0 heterocycles. The first-order chi connectivity index (χ1) is 44.3. The first-order valence-electron chi connectivity index (χ1n) is 35.8. The summed E-state index contributed by atoms with van der Waals surface area (Å²) in [5.74, 6) is 6.27. The summed E-state index contributed by atoms with van der Waals surface area (Å²) < 4.78 is 0. The summed E-state index contributed by atoms with van der Waals surface area (Å²) in [5, 5.41) is 2.67.